The largest absolute Gasteiger partial charge is 0.489 e. The summed E-state index contributed by atoms with van der Waals surface area (Å²) in [4.78, 5) is 11.9. The van der Waals surface area contributed by atoms with Gasteiger partial charge >= 0.3 is 5.97 Å². The molecule has 0 aliphatic rings. The van der Waals surface area contributed by atoms with Crippen molar-refractivity contribution in [3.63, 3.8) is 0 Å². The topological polar surface area (TPSA) is 35.5 Å². The van der Waals surface area contributed by atoms with Crippen LogP contribution in [0.4, 0.5) is 0 Å². The summed E-state index contributed by atoms with van der Waals surface area (Å²) in [5.74, 6) is 0.438. The summed E-state index contributed by atoms with van der Waals surface area (Å²) in [6, 6.07) is 22.7. The molecule has 4 heteroatoms. The lowest BCUT2D eigenvalue weighted by Crippen LogP contribution is -2.09. The molecular weight excluding hydrogens is 428 g/mol. The first kappa shape index (κ1) is 21.1. The zero-order valence-corrected chi connectivity index (χ0v) is 18.4. The lowest BCUT2D eigenvalue weighted by molar-refractivity contribution is -0.142. The van der Waals surface area contributed by atoms with Crippen LogP contribution in [-0.2, 0) is 29.0 Å². The highest BCUT2D eigenvalue weighted by atomic mass is 79.9. The van der Waals surface area contributed by atoms with Gasteiger partial charge in [-0.3, -0.25) is 4.79 Å². The minimum atomic E-state index is -0.256. The fourth-order valence-corrected chi connectivity index (χ4v) is 3.58. The summed E-state index contributed by atoms with van der Waals surface area (Å²) in [5.41, 5.74) is 5.59. The maximum absolute atomic E-state index is 11.9. The predicted molar refractivity (Wildman–Crippen MR) is 120 cm³/mol. The van der Waals surface area contributed by atoms with Gasteiger partial charge in [0, 0.05) is 10.0 Å². The third-order valence-electron chi connectivity index (χ3n) is 4.65. The van der Waals surface area contributed by atoms with Gasteiger partial charge in [0.1, 0.15) is 12.4 Å². The first-order valence-electron chi connectivity index (χ1n) is 9.84. The fourth-order valence-electron chi connectivity index (χ4n) is 3.17. The number of ether oxygens (including phenoxy) is 2. The molecular formula is C25H25BrO3. The Bertz CT molecular complexity index is 981. The fraction of sp³-hybridized carbons (Fsp3) is 0.240. The Labute approximate surface area is 180 Å². The van der Waals surface area contributed by atoms with Crippen LogP contribution in [0.25, 0.3) is 11.1 Å². The van der Waals surface area contributed by atoms with Crippen molar-refractivity contribution in [1.29, 1.82) is 0 Å². The average Bonchev–Trinajstić information content (AvgIpc) is 2.73. The summed E-state index contributed by atoms with van der Waals surface area (Å²) in [6.07, 6.45) is 1.20. The quantitative estimate of drug-likeness (QED) is 0.372. The molecule has 0 unspecified atom stereocenters. The van der Waals surface area contributed by atoms with Crippen LogP contribution in [0.15, 0.2) is 71.2 Å². The Hall–Kier alpha value is -2.59. The van der Waals surface area contributed by atoms with Gasteiger partial charge in [-0.25, -0.2) is 0 Å². The molecule has 3 nitrogen and oxygen atoms in total. The molecule has 3 rings (SSSR count). The van der Waals surface area contributed by atoms with E-state index in [1.54, 1.807) is 6.92 Å². The number of esters is 1. The summed E-state index contributed by atoms with van der Waals surface area (Å²) >= 11 is 3.46. The molecule has 0 spiro atoms. The molecule has 0 bridgehead atoms. The lowest BCUT2D eigenvalue weighted by Gasteiger charge is -2.13. The van der Waals surface area contributed by atoms with E-state index in [9.17, 15) is 4.79 Å². The van der Waals surface area contributed by atoms with E-state index in [4.69, 9.17) is 9.47 Å². The second-order valence-electron chi connectivity index (χ2n) is 6.78. The number of aryl methyl sites for hydroxylation is 1. The van der Waals surface area contributed by atoms with Crippen molar-refractivity contribution in [2.75, 3.05) is 6.61 Å². The number of hydrogen-bond acceptors (Lipinski definition) is 3. The monoisotopic (exact) mass is 452 g/mol. The molecule has 3 aromatic rings. The number of carbonyl (C=O) groups excluding carboxylic acids is 1. The molecule has 0 aliphatic carbocycles. The zero-order chi connectivity index (χ0) is 20.6. The molecule has 0 aliphatic heterocycles. The highest BCUT2D eigenvalue weighted by Crippen LogP contribution is 2.26. The van der Waals surface area contributed by atoms with E-state index < -0.39 is 0 Å². The number of hydrogen-bond donors (Lipinski definition) is 0. The lowest BCUT2D eigenvalue weighted by atomic mass is 10.0. The molecule has 0 N–H and O–H groups in total. The van der Waals surface area contributed by atoms with Gasteiger partial charge in [0.2, 0.25) is 0 Å². The minimum absolute atomic E-state index is 0.187. The normalized spacial score (nSPS) is 10.6. The van der Waals surface area contributed by atoms with E-state index in [2.05, 4.69) is 65.3 Å². The molecule has 0 saturated carbocycles. The highest BCUT2D eigenvalue weighted by Gasteiger charge is 2.11. The number of carbonyl (C=O) groups is 1. The molecule has 29 heavy (non-hydrogen) atoms. The van der Waals surface area contributed by atoms with E-state index >= 15 is 0 Å². The van der Waals surface area contributed by atoms with E-state index in [0.29, 0.717) is 19.0 Å². The van der Waals surface area contributed by atoms with Gasteiger partial charge in [0.15, 0.2) is 0 Å². The van der Waals surface area contributed by atoms with E-state index in [-0.39, 0.29) is 12.4 Å². The second-order valence-corrected chi connectivity index (χ2v) is 7.69. The average molecular weight is 453 g/mol. The van der Waals surface area contributed by atoms with Crippen molar-refractivity contribution in [3.8, 4) is 16.9 Å². The van der Waals surface area contributed by atoms with Crippen LogP contribution in [-0.4, -0.2) is 12.6 Å². The molecule has 0 aromatic heterocycles. The Morgan fingerprint density at radius 1 is 0.897 bits per heavy atom. The van der Waals surface area contributed by atoms with Gasteiger partial charge in [-0.15, -0.1) is 0 Å². The Morgan fingerprint density at radius 2 is 1.59 bits per heavy atom. The van der Waals surface area contributed by atoms with E-state index in [0.717, 1.165) is 22.0 Å². The van der Waals surface area contributed by atoms with Gasteiger partial charge in [-0.2, -0.15) is 0 Å². The van der Waals surface area contributed by atoms with Crippen LogP contribution in [0.5, 0.6) is 5.75 Å². The maximum Gasteiger partial charge on any atom is 0.310 e. The zero-order valence-electron chi connectivity index (χ0n) is 16.8. The SMILES string of the molecule is CCOC(=O)Cc1cc(Br)ccc1OCc1cccc(-c2cccc(CC)c2)c1. The summed E-state index contributed by atoms with van der Waals surface area (Å²) in [6.45, 7) is 4.77. The Kier molecular flexibility index (Phi) is 7.48. The summed E-state index contributed by atoms with van der Waals surface area (Å²) in [7, 11) is 0. The van der Waals surface area contributed by atoms with Crippen LogP contribution in [0.2, 0.25) is 0 Å². The first-order chi connectivity index (χ1) is 14.1. The van der Waals surface area contributed by atoms with Crippen molar-refractivity contribution in [1.82, 2.24) is 0 Å². The van der Waals surface area contributed by atoms with Crippen LogP contribution in [0.1, 0.15) is 30.5 Å². The van der Waals surface area contributed by atoms with Crippen LogP contribution in [0.3, 0.4) is 0 Å². The Balaban J connectivity index is 1.76. The summed E-state index contributed by atoms with van der Waals surface area (Å²) < 4.78 is 12.0. The minimum Gasteiger partial charge on any atom is -0.489 e. The predicted octanol–water partition coefficient (Wildman–Crippen LogP) is 6.36. The van der Waals surface area contributed by atoms with Gasteiger partial charge in [-0.05, 0) is 59.9 Å². The molecule has 0 amide bonds. The number of benzene rings is 3. The Morgan fingerprint density at radius 3 is 2.28 bits per heavy atom. The van der Waals surface area contributed by atoms with Gasteiger partial charge in [0.25, 0.3) is 0 Å². The third-order valence-corrected chi connectivity index (χ3v) is 5.15. The third kappa shape index (κ3) is 5.94. The van der Waals surface area contributed by atoms with E-state index in [1.807, 2.05) is 24.3 Å². The molecule has 0 atom stereocenters. The number of halogens is 1. The smallest absolute Gasteiger partial charge is 0.310 e. The molecule has 0 saturated heterocycles. The molecule has 0 radical (unpaired) electrons. The van der Waals surface area contributed by atoms with Crippen molar-refractivity contribution >= 4 is 21.9 Å². The highest BCUT2D eigenvalue weighted by molar-refractivity contribution is 9.10. The van der Waals surface area contributed by atoms with E-state index in [1.165, 1.54) is 16.7 Å². The molecule has 150 valence electrons. The first-order valence-corrected chi connectivity index (χ1v) is 10.6. The van der Waals surface area contributed by atoms with Crippen molar-refractivity contribution < 1.29 is 14.3 Å². The summed E-state index contributed by atoms with van der Waals surface area (Å²) in [5, 5.41) is 0. The van der Waals surface area contributed by atoms with Crippen LogP contribution in [0, 0.1) is 0 Å². The maximum atomic E-state index is 11.9. The van der Waals surface area contributed by atoms with Gasteiger partial charge in [-0.1, -0.05) is 65.3 Å². The molecule has 0 heterocycles. The molecule has 0 fully saturated rings. The second kappa shape index (κ2) is 10.3. The molecule has 3 aromatic carbocycles. The van der Waals surface area contributed by atoms with Gasteiger partial charge in [0.05, 0.1) is 13.0 Å². The van der Waals surface area contributed by atoms with Crippen LogP contribution >= 0.6 is 15.9 Å². The van der Waals surface area contributed by atoms with Crippen LogP contribution < -0.4 is 4.74 Å². The van der Waals surface area contributed by atoms with Gasteiger partial charge < -0.3 is 9.47 Å². The standard InChI is InChI=1S/C25H25BrO3/c1-3-18-7-5-9-20(13-18)21-10-6-8-19(14-21)17-29-24-12-11-23(26)15-22(24)16-25(27)28-4-2/h5-15H,3-4,16-17H2,1-2H3. The van der Waals surface area contributed by atoms with Crippen molar-refractivity contribution in [2.24, 2.45) is 0 Å². The van der Waals surface area contributed by atoms with Crippen molar-refractivity contribution in [2.45, 2.75) is 33.3 Å². The number of rotatable bonds is 8. The van der Waals surface area contributed by atoms with Crippen molar-refractivity contribution in [3.05, 3.63) is 87.9 Å².